The van der Waals surface area contributed by atoms with Crippen molar-refractivity contribution in [3.63, 3.8) is 0 Å². The molecular weight excluding hydrogens is 324 g/mol. The van der Waals surface area contributed by atoms with Gasteiger partial charge in [-0.2, -0.15) is 0 Å². The molecule has 0 aliphatic rings. The van der Waals surface area contributed by atoms with Crippen molar-refractivity contribution in [2.45, 2.75) is 52.2 Å². The zero-order chi connectivity index (χ0) is 19.2. The average molecular weight is 350 g/mol. The van der Waals surface area contributed by atoms with Crippen molar-refractivity contribution in [3.8, 4) is 11.5 Å². The summed E-state index contributed by atoms with van der Waals surface area (Å²) in [7, 11) is 0. The SMILES string of the molecule is C=C(C)C(=O)OC(C)(CC)CCOC(C)C(=O)c1ccc(O)c(O)c1. The minimum Gasteiger partial charge on any atom is -0.504 e. The molecule has 1 rings (SSSR count). The summed E-state index contributed by atoms with van der Waals surface area (Å²) < 4.78 is 11.0. The maximum atomic E-state index is 12.3. The first-order valence-corrected chi connectivity index (χ1v) is 8.16. The van der Waals surface area contributed by atoms with Crippen LogP contribution in [0.15, 0.2) is 30.4 Å². The fourth-order valence-electron chi connectivity index (χ4n) is 2.05. The largest absolute Gasteiger partial charge is 0.504 e. The summed E-state index contributed by atoms with van der Waals surface area (Å²) in [4.78, 5) is 24.0. The highest BCUT2D eigenvalue weighted by molar-refractivity contribution is 5.99. The summed E-state index contributed by atoms with van der Waals surface area (Å²) in [6.45, 7) is 10.7. The molecule has 0 radical (unpaired) electrons. The first-order chi connectivity index (χ1) is 11.6. The second-order valence-corrected chi connectivity index (χ2v) is 6.30. The number of phenols is 2. The number of carbonyl (C=O) groups excluding carboxylic acids is 2. The van der Waals surface area contributed by atoms with Gasteiger partial charge in [0, 0.05) is 17.6 Å². The summed E-state index contributed by atoms with van der Waals surface area (Å²) in [6, 6.07) is 3.87. The molecule has 1 aromatic carbocycles. The lowest BCUT2D eigenvalue weighted by atomic mass is 9.99. The van der Waals surface area contributed by atoms with Gasteiger partial charge in [-0.1, -0.05) is 13.5 Å². The molecule has 2 unspecified atom stereocenters. The molecule has 25 heavy (non-hydrogen) atoms. The van der Waals surface area contributed by atoms with Crippen molar-refractivity contribution in [3.05, 3.63) is 35.9 Å². The lowest BCUT2D eigenvalue weighted by Crippen LogP contribution is -2.34. The number of esters is 1. The summed E-state index contributed by atoms with van der Waals surface area (Å²) in [5, 5.41) is 18.8. The molecule has 0 spiro atoms. The number of ketones is 1. The predicted molar refractivity (Wildman–Crippen MR) is 93.7 cm³/mol. The molecule has 1 aromatic rings. The summed E-state index contributed by atoms with van der Waals surface area (Å²) in [5.74, 6) is -1.41. The Bertz CT molecular complexity index is 651. The number of benzene rings is 1. The molecule has 0 aromatic heterocycles. The number of rotatable bonds is 9. The van der Waals surface area contributed by atoms with E-state index in [2.05, 4.69) is 6.58 Å². The lowest BCUT2D eigenvalue weighted by molar-refractivity contribution is -0.155. The maximum absolute atomic E-state index is 12.3. The van der Waals surface area contributed by atoms with Crippen LogP contribution in [0.5, 0.6) is 11.5 Å². The zero-order valence-electron chi connectivity index (χ0n) is 15.2. The standard InChI is InChI=1S/C19H26O6/c1-6-19(5,25-18(23)12(2)3)9-10-24-13(4)17(22)14-7-8-15(20)16(21)11-14/h7-8,11,13,20-21H,2,6,9-10H2,1,3-5H3. The maximum Gasteiger partial charge on any atom is 0.333 e. The molecule has 0 bridgehead atoms. The van der Waals surface area contributed by atoms with Crippen LogP contribution in [0.4, 0.5) is 0 Å². The van der Waals surface area contributed by atoms with Crippen molar-refractivity contribution < 1.29 is 29.3 Å². The van der Waals surface area contributed by atoms with Gasteiger partial charge >= 0.3 is 5.97 Å². The fourth-order valence-corrected chi connectivity index (χ4v) is 2.05. The Morgan fingerprint density at radius 2 is 1.92 bits per heavy atom. The first kappa shape index (κ1) is 20.7. The smallest absolute Gasteiger partial charge is 0.333 e. The van der Waals surface area contributed by atoms with E-state index in [9.17, 15) is 19.8 Å². The molecule has 0 amide bonds. The van der Waals surface area contributed by atoms with E-state index in [4.69, 9.17) is 9.47 Å². The second-order valence-electron chi connectivity index (χ2n) is 6.30. The number of hydrogen-bond donors (Lipinski definition) is 2. The van der Waals surface area contributed by atoms with Crippen LogP contribution in [-0.2, 0) is 14.3 Å². The third-order valence-corrected chi connectivity index (χ3v) is 4.06. The van der Waals surface area contributed by atoms with Gasteiger partial charge < -0.3 is 19.7 Å². The number of phenolic OH excluding ortho intramolecular Hbond substituents is 2. The first-order valence-electron chi connectivity index (χ1n) is 8.16. The van der Waals surface area contributed by atoms with Crippen LogP contribution in [0.1, 0.15) is 50.9 Å². The number of hydrogen-bond acceptors (Lipinski definition) is 6. The van der Waals surface area contributed by atoms with Crippen molar-refractivity contribution in [2.75, 3.05) is 6.61 Å². The van der Waals surface area contributed by atoms with Crippen LogP contribution in [-0.4, -0.2) is 40.3 Å². The molecule has 0 fully saturated rings. The molecular formula is C19H26O6. The zero-order valence-corrected chi connectivity index (χ0v) is 15.2. The fraction of sp³-hybridized carbons (Fsp3) is 0.474. The number of ether oxygens (including phenoxy) is 2. The van der Waals surface area contributed by atoms with E-state index in [0.717, 1.165) is 0 Å². The van der Waals surface area contributed by atoms with E-state index in [1.165, 1.54) is 18.2 Å². The van der Waals surface area contributed by atoms with Gasteiger partial charge in [0.2, 0.25) is 0 Å². The monoisotopic (exact) mass is 350 g/mol. The molecule has 2 N–H and O–H groups in total. The molecule has 6 heteroatoms. The topological polar surface area (TPSA) is 93.1 Å². The van der Waals surface area contributed by atoms with E-state index in [-0.39, 0.29) is 29.5 Å². The van der Waals surface area contributed by atoms with Crippen LogP contribution >= 0.6 is 0 Å². The van der Waals surface area contributed by atoms with E-state index in [1.54, 1.807) is 13.8 Å². The van der Waals surface area contributed by atoms with E-state index >= 15 is 0 Å². The van der Waals surface area contributed by atoms with Gasteiger partial charge in [0.1, 0.15) is 11.7 Å². The molecule has 0 aliphatic heterocycles. The van der Waals surface area contributed by atoms with Gasteiger partial charge in [0.25, 0.3) is 0 Å². The molecule has 0 heterocycles. The number of carbonyl (C=O) groups is 2. The molecule has 6 nitrogen and oxygen atoms in total. The Kier molecular flexibility index (Phi) is 7.18. The Hall–Kier alpha value is -2.34. The molecule has 138 valence electrons. The predicted octanol–water partition coefficient (Wildman–Crippen LogP) is 3.36. The third kappa shape index (κ3) is 5.90. The van der Waals surface area contributed by atoms with Crippen LogP contribution < -0.4 is 0 Å². The van der Waals surface area contributed by atoms with Crippen LogP contribution in [0, 0.1) is 0 Å². The molecule has 0 saturated carbocycles. The Labute approximate surface area is 148 Å². The third-order valence-electron chi connectivity index (χ3n) is 4.06. The Morgan fingerprint density at radius 1 is 1.28 bits per heavy atom. The van der Waals surface area contributed by atoms with Crippen molar-refractivity contribution >= 4 is 11.8 Å². The van der Waals surface area contributed by atoms with Gasteiger partial charge in [-0.15, -0.1) is 0 Å². The van der Waals surface area contributed by atoms with Gasteiger partial charge in [-0.25, -0.2) is 4.79 Å². The van der Waals surface area contributed by atoms with Gasteiger partial charge in [0.15, 0.2) is 17.3 Å². The van der Waals surface area contributed by atoms with Crippen molar-refractivity contribution in [2.24, 2.45) is 0 Å². The minimum absolute atomic E-state index is 0.227. The van der Waals surface area contributed by atoms with E-state index in [0.29, 0.717) is 18.4 Å². The van der Waals surface area contributed by atoms with E-state index in [1.807, 2.05) is 13.8 Å². The van der Waals surface area contributed by atoms with Crippen LogP contribution in [0.2, 0.25) is 0 Å². The molecule has 0 saturated heterocycles. The summed E-state index contributed by atoms with van der Waals surface area (Å²) >= 11 is 0. The van der Waals surface area contributed by atoms with Crippen molar-refractivity contribution in [1.29, 1.82) is 0 Å². The van der Waals surface area contributed by atoms with Gasteiger partial charge in [0.05, 0.1) is 6.61 Å². The van der Waals surface area contributed by atoms with Crippen LogP contribution in [0.3, 0.4) is 0 Å². The normalized spacial score (nSPS) is 14.4. The number of aromatic hydroxyl groups is 2. The summed E-state index contributed by atoms with van der Waals surface area (Å²) in [5.41, 5.74) is -0.124. The highest BCUT2D eigenvalue weighted by Crippen LogP contribution is 2.26. The summed E-state index contributed by atoms with van der Waals surface area (Å²) in [6.07, 6.45) is 0.298. The molecule has 2 atom stereocenters. The van der Waals surface area contributed by atoms with E-state index < -0.39 is 17.7 Å². The lowest BCUT2D eigenvalue weighted by Gasteiger charge is -2.29. The van der Waals surface area contributed by atoms with Crippen LogP contribution in [0.25, 0.3) is 0 Å². The highest BCUT2D eigenvalue weighted by Gasteiger charge is 2.28. The van der Waals surface area contributed by atoms with Gasteiger partial charge in [-0.3, -0.25) is 4.79 Å². The Morgan fingerprint density at radius 3 is 2.44 bits per heavy atom. The minimum atomic E-state index is -0.734. The Balaban J connectivity index is 2.61. The number of Topliss-reactive ketones (excluding diaryl/α,β-unsaturated/α-hetero) is 1. The molecule has 0 aliphatic carbocycles. The average Bonchev–Trinajstić information content (AvgIpc) is 2.56. The van der Waals surface area contributed by atoms with Crippen molar-refractivity contribution in [1.82, 2.24) is 0 Å². The quantitative estimate of drug-likeness (QED) is 0.307. The highest BCUT2D eigenvalue weighted by atomic mass is 16.6. The second kappa shape index (κ2) is 8.67. The van der Waals surface area contributed by atoms with Gasteiger partial charge in [-0.05, 0) is 45.4 Å².